The molecule has 1 fully saturated rings. The summed E-state index contributed by atoms with van der Waals surface area (Å²) in [6.07, 6.45) is 0. The molecule has 1 aliphatic rings. The van der Waals surface area contributed by atoms with Gasteiger partial charge in [0.05, 0.1) is 15.5 Å². The molecule has 82 valence electrons. The van der Waals surface area contributed by atoms with Gasteiger partial charge in [0.15, 0.2) is 0 Å². The first kappa shape index (κ1) is 11.6. The third kappa shape index (κ3) is 2.13. The fourth-order valence-electron chi connectivity index (χ4n) is 2.93. The molecule has 1 aromatic carbocycles. The first-order valence-corrected chi connectivity index (χ1v) is 15.2. The van der Waals surface area contributed by atoms with Crippen molar-refractivity contribution in [3.8, 4) is 0 Å². The lowest BCUT2D eigenvalue weighted by atomic mass is 10.4. The number of benzene rings is 1. The predicted octanol–water partition coefficient (Wildman–Crippen LogP) is 4.22. The summed E-state index contributed by atoms with van der Waals surface area (Å²) < 4.78 is 0. The average molecular weight is 252 g/mol. The molecular formula is C12H21PSi2. The molecule has 1 aliphatic heterocycles. The van der Waals surface area contributed by atoms with Crippen LogP contribution in [-0.2, 0) is 0 Å². The first-order chi connectivity index (χ1) is 6.93. The molecule has 2 rings (SSSR count). The SMILES string of the molecule is C[Si]1(C)CC[Si](C)(C)P1c1ccccc1. The van der Waals surface area contributed by atoms with Gasteiger partial charge < -0.3 is 0 Å². The van der Waals surface area contributed by atoms with Crippen LogP contribution in [0.5, 0.6) is 0 Å². The van der Waals surface area contributed by atoms with E-state index in [9.17, 15) is 0 Å². The topological polar surface area (TPSA) is 0 Å². The van der Waals surface area contributed by atoms with Crippen LogP contribution in [0.15, 0.2) is 30.3 Å². The average Bonchev–Trinajstić information content (AvgIpc) is 2.37. The fraction of sp³-hybridized carbons (Fsp3) is 0.500. The lowest BCUT2D eigenvalue weighted by molar-refractivity contribution is 1.35. The van der Waals surface area contributed by atoms with E-state index in [2.05, 4.69) is 56.5 Å². The van der Waals surface area contributed by atoms with Gasteiger partial charge in [0.1, 0.15) is 0 Å². The predicted molar refractivity (Wildman–Crippen MR) is 77.6 cm³/mol. The summed E-state index contributed by atoms with van der Waals surface area (Å²) in [7, 11) is -1.59. The Hall–Kier alpha value is 0.0838. The van der Waals surface area contributed by atoms with E-state index in [1.54, 1.807) is 17.4 Å². The van der Waals surface area contributed by atoms with Gasteiger partial charge in [0.2, 0.25) is 0 Å². The van der Waals surface area contributed by atoms with E-state index < -0.39 is 15.5 Å². The van der Waals surface area contributed by atoms with E-state index in [1.807, 2.05) is 0 Å². The van der Waals surface area contributed by atoms with E-state index in [0.29, 0.717) is 0 Å². The molecule has 0 amide bonds. The van der Waals surface area contributed by atoms with Gasteiger partial charge in [-0.1, -0.05) is 75.6 Å². The van der Waals surface area contributed by atoms with Gasteiger partial charge in [-0.25, -0.2) is 0 Å². The molecule has 0 radical (unpaired) electrons. The van der Waals surface area contributed by atoms with E-state index >= 15 is 0 Å². The molecule has 1 aromatic rings. The van der Waals surface area contributed by atoms with Crippen LogP contribution >= 0.6 is 7.02 Å². The molecule has 0 aliphatic carbocycles. The van der Waals surface area contributed by atoms with Gasteiger partial charge in [-0.3, -0.25) is 0 Å². The summed E-state index contributed by atoms with van der Waals surface area (Å²) in [5, 5.41) is 1.71. The quantitative estimate of drug-likeness (QED) is 0.518. The summed E-state index contributed by atoms with van der Waals surface area (Å²) in [5.74, 6) is 0. The van der Waals surface area contributed by atoms with Crippen molar-refractivity contribution in [1.82, 2.24) is 0 Å². The maximum Gasteiger partial charge on any atom is 0.0758 e. The highest BCUT2D eigenvalue weighted by atomic mass is 31.6. The summed E-state index contributed by atoms with van der Waals surface area (Å²) in [5.41, 5.74) is 0. The van der Waals surface area contributed by atoms with Crippen LogP contribution < -0.4 is 5.30 Å². The summed E-state index contributed by atoms with van der Waals surface area (Å²) in [4.78, 5) is 0. The molecule has 0 atom stereocenters. The summed E-state index contributed by atoms with van der Waals surface area (Å²) in [6, 6.07) is 14.5. The Morgan fingerprint density at radius 1 is 0.867 bits per heavy atom. The Bertz CT molecular complexity index is 330. The van der Waals surface area contributed by atoms with Gasteiger partial charge in [0.25, 0.3) is 0 Å². The minimum Gasteiger partial charge on any atom is -0.0992 e. The molecule has 15 heavy (non-hydrogen) atoms. The maximum absolute atomic E-state index is 2.62. The zero-order valence-electron chi connectivity index (χ0n) is 10.2. The van der Waals surface area contributed by atoms with Gasteiger partial charge in [-0.15, -0.1) is 0 Å². The van der Waals surface area contributed by atoms with E-state index in [-0.39, 0.29) is 7.02 Å². The number of rotatable bonds is 1. The van der Waals surface area contributed by atoms with E-state index in [1.165, 1.54) is 0 Å². The molecule has 0 nitrogen and oxygen atoms in total. The molecule has 0 saturated carbocycles. The highest BCUT2D eigenvalue weighted by Crippen LogP contribution is 2.63. The third-order valence-corrected chi connectivity index (χ3v) is 31.3. The van der Waals surface area contributed by atoms with Gasteiger partial charge in [-0.2, -0.15) is 0 Å². The number of hydrogen-bond donors (Lipinski definition) is 0. The minimum atomic E-state index is -0.919. The standard InChI is InChI=1S/C12H21PSi2/c1-14(2)10-11-15(3,4)13(14)12-8-6-5-7-9-12/h5-9H,10-11H2,1-4H3. The van der Waals surface area contributed by atoms with Gasteiger partial charge in [0, 0.05) is 0 Å². The van der Waals surface area contributed by atoms with Crippen molar-refractivity contribution in [3.05, 3.63) is 30.3 Å². The molecule has 1 heterocycles. The van der Waals surface area contributed by atoms with Crippen LogP contribution in [0.1, 0.15) is 0 Å². The molecule has 0 bridgehead atoms. The Morgan fingerprint density at radius 3 is 1.80 bits per heavy atom. The Kier molecular flexibility index (Phi) is 2.95. The number of hydrogen-bond acceptors (Lipinski definition) is 0. The Morgan fingerprint density at radius 2 is 1.33 bits per heavy atom. The zero-order valence-corrected chi connectivity index (χ0v) is 13.1. The van der Waals surface area contributed by atoms with Crippen molar-refractivity contribution in [2.45, 2.75) is 38.3 Å². The highest BCUT2D eigenvalue weighted by Gasteiger charge is 2.49. The molecule has 0 aromatic heterocycles. The molecule has 0 spiro atoms. The van der Waals surface area contributed by atoms with Crippen LogP contribution in [0.2, 0.25) is 38.3 Å². The molecule has 3 heteroatoms. The van der Waals surface area contributed by atoms with Crippen LogP contribution in [0, 0.1) is 0 Å². The molecular weight excluding hydrogens is 231 g/mol. The van der Waals surface area contributed by atoms with Crippen LogP contribution in [0.4, 0.5) is 0 Å². The molecule has 0 unspecified atom stereocenters. The zero-order chi connectivity index (χ0) is 11.1. The lowest BCUT2D eigenvalue weighted by Gasteiger charge is -2.34. The molecule has 1 saturated heterocycles. The first-order valence-electron chi connectivity index (χ1n) is 5.79. The van der Waals surface area contributed by atoms with Crippen molar-refractivity contribution < 1.29 is 0 Å². The summed E-state index contributed by atoms with van der Waals surface area (Å²) in [6.45, 7) is 10.5. The van der Waals surface area contributed by atoms with Crippen LogP contribution in [0.3, 0.4) is 0 Å². The van der Waals surface area contributed by atoms with Crippen LogP contribution in [0.25, 0.3) is 0 Å². The van der Waals surface area contributed by atoms with Crippen molar-refractivity contribution in [2.24, 2.45) is 0 Å². The normalized spacial score (nSPS) is 24.3. The van der Waals surface area contributed by atoms with Crippen molar-refractivity contribution in [2.75, 3.05) is 0 Å². The minimum absolute atomic E-state index is 0.251. The van der Waals surface area contributed by atoms with Gasteiger partial charge >= 0.3 is 0 Å². The smallest absolute Gasteiger partial charge is 0.0758 e. The summed E-state index contributed by atoms with van der Waals surface area (Å²) >= 11 is 0. The molecule has 0 N–H and O–H groups in total. The fourth-order valence-corrected chi connectivity index (χ4v) is 41.9. The largest absolute Gasteiger partial charge is 0.0992 e. The Labute approximate surface area is 96.6 Å². The van der Waals surface area contributed by atoms with E-state index in [4.69, 9.17) is 0 Å². The second-order valence-corrected chi connectivity index (χ2v) is 26.5. The van der Waals surface area contributed by atoms with E-state index in [0.717, 1.165) is 0 Å². The van der Waals surface area contributed by atoms with Gasteiger partial charge in [-0.05, 0) is 5.30 Å². The maximum atomic E-state index is 2.62. The second-order valence-electron chi connectivity index (χ2n) is 5.80. The Balaban J connectivity index is 2.42. The van der Waals surface area contributed by atoms with Crippen molar-refractivity contribution >= 4 is 27.8 Å². The third-order valence-electron chi connectivity index (χ3n) is 3.57. The lowest BCUT2D eigenvalue weighted by Crippen LogP contribution is -2.32. The monoisotopic (exact) mass is 252 g/mol. The van der Waals surface area contributed by atoms with Crippen molar-refractivity contribution in [1.29, 1.82) is 0 Å². The van der Waals surface area contributed by atoms with Crippen molar-refractivity contribution in [3.63, 3.8) is 0 Å². The highest BCUT2D eigenvalue weighted by molar-refractivity contribution is 8.23. The van der Waals surface area contributed by atoms with Crippen LogP contribution in [-0.4, -0.2) is 15.5 Å². The second kappa shape index (κ2) is 3.83.